The SMILES string of the molecule is CCCCCCC/C=C\CCCCCCCC(=O)OCCCCCCCCCCCCCCCCCCCCCCCCCCCCCCCC(=O)NC(CO)C(O)/C=C/CCCCCCCCCC. The van der Waals surface area contributed by atoms with Crippen LogP contribution < -0.4 is 5.32 Å². The van der Waals surface area contributed by atoms with E-state index in [-0.39, 0.29) is 18.5 Å². The largest absolute Gasteiger partial charge is 0.466 e. The molecule has 0 spiro atoms. The van der Waals surface area contributed by atoms with Crippen LogP contribution in [0.4, 0.5) is 0 Å². The van der Waals surface area contributed by atoms with E-state index < -0.39 is 12.1 Å². The molecule has 6 nitrogen and oxygen atoms in total. The highest BCUT2D eigenvalue weighted by Crippen LogP contribution is 2.18. The molecule has 70 heavy (non-hydrogen) atoms. The van der Waals surface area contributed by atoms with E-state index in [1.165, 1.54) is 276 Å². The molecule has 0 bridgehead atoms. The number of amides is 1. The van der Waals surface area contributed by atoms with Crippen molar-refractivity contribution in [3.63, 3.8) is 0 Å². The summed E-state index contributed by atoms with van der Waals surface area (Å²) in [5.41, 5.74) is 0. The first-order chi connectivity index (χ1) is 34.5. The topological polar surface area (TPSA) is 95.9 Å². The van der Waals surface area contributed by atoms with Crippen molar-refractivity contribution in [2.45, 2.75) is 360 Å². The summed E-state index contributed by atoms with van der Waals surface area (Å²) >= 11 is 0. The molecule has 3 N–H and O–H groups in total. The minimum Gasteiger partial charge on any atom is -0.466 e. The fourth-order valence-corrected chi connectivity index (χ4v) is 9.87. The average Bonchev–Trinajstić information content (AvgIpc) is 3.36. The summed E-state index contributed by atoms with van der Waals surface area (Å²) in [5.74, 6) is -0.0546. The zero-order valence-electron chi connectivity index (χ0n) is 47.3. The van der Waals surface area contributed by atoms with Gasteiger partial charge in [0.1, 0.15) is 0 Å². The van der Waals surface area contributed by atoms with Crippen molar-refractivity contribution in [2.24, 2.45) is 0 Å². The monoisotopic (exact) mass is 986 g/mol. The first kappa shape index (κ1) is 68.3. The van der Waals surface area contributed by atoms with Crippen LogP contribution in [-0.4, -0.2) is 47.4 Å². The molecular weight excluding hydrogens is 863 g/mol. The van der Waals surface area contributed by atoms with Gasteiger partial charge < -0.3 is 20.3 Å². The molecule has 0 aliphatic rings. The molecule has 2 atom stereocenters. The number of ether oxygens (including phenoxy) is 1. The van der Waals surface area contributed by atoms with Crippen LogP contribution >= 0.6 is 0 Å². The van der Waals surface area contributed by atoms with E-state index in [0.29, 0.717) is 19.4 Å². The van der Waals surface area contributed by atoms with Gasteiger partial charge in [0.15, 0.2) is 0 Å². The van der Waals surface area contributed by atoms with Crippen molar-refractivity contribution in [2.75, 3.05) is 13.2 Å². The van der Waals surface area contributed by atoms with Crippen molar-refractivity contribution in [3.8, 4) is 0 Å². The van der Waals surface area contributed by atoms with Crippen LogP contribution in [0.3, 0.4) is 0 Å². The molecule has 0 aromatic carbocycles. The molecule has 0 saturated carbocycles. The van der Waals surface area contributed by atoms with Gasteiger partial charge in [-0.3, -0.25) is 9.59 Å². The molecule has 2 unspecified atom stereocenters. The smallest absolute Gasteiger partial charge is 0.305 e. The lowest BCUT2D eigenvalue weighted by Gasteiger charge is -2.20. The normalized spacial score (nSPS) is 12.7. The van der Waals surface area contributed by atoms with Crippen LogP contribution in [0.25, 0.3) is 0 Å². The van der Waals surface area contributed by atoms with Gasteiger partial charge in [-0.15, -0.1) is 0 Å². The zero-order chi connectivity index (χ0) is 50.7. The second-order valence-corrected chi connectivity index (χ2v) is 21.7. The first-order valence-corrected chi connectivity index (χ1v) is 31.6. The van der Waals surface area contributed by atoms with Crippen LogP contribution in [-0.2, 0) is 14.3 Å². The maximum atomic E-state index is 12.4. The van der Waals surface area contributed by atoms with Crippen LogP contribution in [0.2, 0.25) is 0 Å². The summed E-state index contributed by atoms with van der Waals surface area (Å²) in [6, 6.07) is -0.623. The van der Waals surface area contributed by atoms with E-state index in [2.05, 4.69) is 31.3 Å². The van der Waals surface area contributed by atoms with Crippen molar-refractivity contribution in [1.82, 2.24) is 5.32 Å². The molecule has 1 amide bonds. The molecule has 0 aliphatic heterocycles. The number of carbonyl (C=O) groups is 2. The van der Waals surface area contributed by atoms with Crippen molar-refractivity contribution >= 4 is 11.9 Å². The average molecular weight is 987 g/mol. The highest BCUT2D eigenvalue weighted by atomic mass is 16.5. The van der Waals surface area contributed by atoms with Gasteiger partial charge in [-0.25, -0.2) is 0 Å². The van der Waals surface area contributed by atoms with Gasteiger partial charge in [0, 0.05) is 12.8 Å². The quantitative estimate of drug-likeness (QED) is 0.0321. The second-order valence-electron chi connectivity index (χ2n) is 21.7. The summed E-state index contributed by atoms with van der Waals surface area (Å²) in [7, 11) is 0. The predicted molar refractivity (Wildman–Crippen MR) is 306 cm³/mol. The van der Waals surface area contributed by atoms with E-state index in [4.69, 9.17) is 4.74 Å². The molecule has 0 saturated heterocycles. The summed E-state index contributed by atoms with van der Waals surface area (Å²) in [5, 5.41) is 23.0. The Morgan fingerprint density at radius 1 is 0.386 bits per heavy atom. The van der Waals surface area contributed by atoms with Gasteiger partial charge in [0.25, 0.3) is 0 Å². The molecule has 0 fully saturated rings. The molecule has 0 radical (unpaired) electrons. The molecule has 0 heterocycles. The lowest BCUT2D eigenvalue weighted by molar-refractivity contribution is -0.143. The number of esters is 1. The fourth-order valence-electron chi connectivity index (χ4n) is 9.87. The minimum absolute atomic E-state index is 0.0107. The number of allylic oxidation sites excluding steroid dienone is 3. The highest BCUT2D eigenvalue weighted by molar-refractivity contribution is 5.76. The Morgan fingerprint density at radius 3 is 1.01 bits per heavy atom. The number of hydrogen-bond donors (Lipinski definition) is 3. The van der Waals surface area contributed by atoms with Crippen LogP contribution in [0.1, 0.15) is 348 Å². The van der Waals surface area contributed by atoms with E-state index in [9.17, 15) is 19.8 Å². The number of nitrogens with one attached hydrogen (secondary N) is 1. The number of aliphatic hydroxyl groups is 2. The number of rotatable bonds is 59. The molecule has 6 heteroatoms. The van der Waals surface area contributed by atoms with Gasteiger partial charge in [0.2, 0.25) is 5.91 Å². The van der Waals surface area contributed by atoms with Gasteiger partial charge >= 0.3 is 5.97 Å². The Morgan fingerprint density at radius 2 is 0.671 bits per heavy atom. The van der Waals surface area contributed by atoms with E-state index in [1.807, 2.05) is 6.08 Å². The third-order valence-electron chi connectivity index (χ3n) is 14.7. The van der Waals surface area contributed by atoms with Crippen LogP contribution in [0, 0.1) is 0 Å². The number of carbonyl (C=O) groups excluding carboxylic acids is 2. The molecule has 0 rings (SSSR count). The summed E-state index contributed by atoms with van der Waals surface area (Å²) in [6.45, 7) is 4.89. The lowest BCUT2D eigenvalue weighted by atomic mass is 10.0. The van der Waals surface area contributed by atoms with Gasteiger partial charge in [-0.2, -0.15) is 0 Å². The summed E-state index contributed by atoms with van der Waals surface area (Å²) < 4.78 is 5.48. The van der Waals surface area contributed by atoms with Crippen molar-refractivity contribution in [1.29, 1.82) is 0 Å². The number of aliphatic hydroxyl groups excluding tert-OH is 2. The summed E-state index contributed by atoms with van der Waals surface area (Å²) in [4.78, 5) is 24.5. The number of unbranched alkanes of at least 4 members (excludes halogenated alkanes) is 46. The van der Waals surface area contributed by atoms with E-state index in [0.717, 1.165) is 44.9 Å². The van der Waals surface area contributed by atoms with Crippen LogP contribution in [0.15, 0.2) is 24.3 Å². The maximum Gasteiger partial charge on any atom is 0.305 e. The van der Waals surface area contributed by atoms with Crippen molar-refractivity contribution in [3.05, 3.63) is 24.3 Å². The zero-order valence-corrected chi connectivity index (χ0v) is 47.3. The van der Waals surface area contributed by atoms with Crippen LogP contribution in [0.5, 0.6) is 0 Å². The Kier molecular flexibility index (Phi) is 58.5. The molecule has 0 aromatic rings. The Balaban J connectivity index is 3.32. The fraction of sp³-hybridized carbons (Fsp3) is 0.906. The third kappa shape index (κ3) is 55.7. The number of hydrogen-bond acceptors (Lipinski definition) is 5. The van der Waals surface area contributed by atoms with E-state index >= 15 is 0 Å². The Bertz CT molecular complexity index is 1090. The standard InChI is InChI=1S/C64H123NO5/c1-3-5-7-9-11-13-15-16-35-38-42-46-50-54-58-64(69)70-59-55-51-47-43-39-36-33-31-29-27-25-23-21-19-17-18-20-22-24-26-28-30-32-34-37-41-45-49-53-57-63(68)65-61(60-66)62(67)56-52-48-44-40-14-12-10-8-6-4-2/h15-16,52,56,61-62,66-67H,3-14,17-51,53-55,57-60H2,1-2H3,(H,65,68)/b16-15-,56-52+. The second kappa shape index (κ2) is 59.9. The Labute approximate surface area is 437 Å². The molecular formula is C64H123NO5. The molecule has 0 aromatic heterocycles. The van der Waals surface area contributed by atoms with Crippen molar-refractivity contribution < 1.29 is 24.5 Å². The molecule has 414 valence electrons. The lowest BCUT2D eigenvalue weighted by Crippen LogP contribution is -2.45. The minimum atomic E-state index is -0.839. The molecule has 0 aliphatic carbocycles. The maximum absolute atomic E-state index is 12.4. The highest BCUT2D eigenvalue weighted by Gasteiger charge is 2.18. The third-order valence-corrected chi connectivity index (χ3v) is 14.7. The predicted octanol–water partition coefficient (Wildman–Crippen LogP) is 19.8. The van der Waals surface area contributed by atoms with E-state index in [1.54, 1.807) is 6.08 Å². The summed E-state index contributed by atoms with van der Waals surface area (Å²) in [6.07, 6.45) is 73.9. The van der Waals surface area contributed by atoms with Gasteiger partial charge in [0.05, 0.1) is 25.4 Å². The van der Waals surface area contributed by atoms with Gasteiger partial charge in [-0.05, 0) is 57.8 Å². The van der Waals surface area contributed by atoms with Gasteiger partial charge in [-0.1, -0.05) is 301 Å². The first-order valence-electron chi connectivity index (χ1n) is 31.6. The Hall–Kier alpha value is -1.66.